The van der Waals surface area contributed by atoms with Crippen molar-refractivity contribution in [3.05, 3.63) is 11.6 Å². The third-order valence-corrected chi connectivity index (χ3v) is 3.33. The number of hydrogen-bond donors (Lipinski definition) is 1. The second-order valence-corrected chi connectivity index (χ2v) is 5.21. The van der Waals surface area contributed by atoms with Gasteiger partial charge in [-0.05, 0) is 45.6 Å². The maximum atomic E-state index is 5.47. The molecule has 102 valence electrons. The van der Waals surface area contributed by atoms with Gasteiger partial charge in [0.2, 0.25) is 0 Å². The summed E-state index contributed by atoms with van der Waals surface area (Å²) in [6.07, 6.45) is 17.2. The molecule has 0 unspecified atom stereocenters. The van der Waals surface area contributed by atoms with Crippen LogP contribution in [-0.4, -0.2) is 6.54 Å². The fourth-order valence-corrected chi connectivity index (χ4v) is 2.10. The molecule has 0 amide bonds. The highest BCUT2D eigenvalue weighted by atomic mass is 14.5. The molecule has 17 heavy (non-hydrogen) atoms. The zero-order valence-electron chi connectivity index (χ0n) is 12.1. The van der Waals surface area contributed by atoms with E-state index in [1.807, 2.05) is 0 Å². The largest absolute Gasteiger partial charge is 0.330 e. The first-order valence-electron chi connectivity index (χ1n) is 7.67. The lowest BCUT2D eigenvalue weighted by molar-refractivity contribution is 0.620. The summed E-state index contributed by atoms with van der Waals surface area (Å²) >= 11 is 0. The highest BCUT2D eigenvalue weighted by molar-refractivity contribution is 4.97. The molecule has 0 aromatic rings. The van der Waals surface area contributed by atoms with Gasteiger partial charge in [-0.3, -0.25) is 0 Å². The first kappa shape index (κ1) is 16.7. The van der Waals surface area contributed by atoms with Crippen LogP contribution in [0, 0.1) is 0 Å². The molecule has 1 nitrogen and oxygen atoms in total. The number of rotatable bonds is 12. The topological polar surface area (TPSA) is 26.0 Å². The van der Waals surface area contributed by atoms with Crippen molar-refractivity contribution in [3.8, 4) is 0 Å². The lowest BCUT2D eigenvalue weighted by Crippen LogP contribution is -1.97. The second-order valence-electron chi connectivity index (χ2n) is 5.21. The Morgan fingerprint density at radius 3 is 2.24 bits per heavy atom. The average Bonchev–Trinajstić information content (AvgIpc) is 2.33. The van der Waals surface area contributed by atoms with Crippen LogP contribution in [0.4, 0.5) is 0 Å². The van der Waals surface area contributed by atoms with E-state index in [1.165, 1.54) is 70.6 Å². The summed E-state index contributed by atoms with van der Waals surface area (Å²) in [5, 5.41) is 0. The SMILES string of the molecule is CCCCCC/C(C)=C/CCCCCCCN. The minimum absolute atomic E-state index is 0.858. The van der Waals surface area contributed by atoms with Crippen molar-refractivity contribution < 1.29 is 0 Å². The van der Waals surface area contributed by atoms with Crippen LogP contribution in [0.25, 0.3) is 0 Å². The molecule has 0 atom stereocenters. The van der Waals surface area contributed by atoms with Crippen molar-refractivity contribution in [1.82, 2.24) is 0 Å². The van der Waals surface area contributed by atoms with Crippen LogP contribution in [0.2, 0.25) is 0 Å². The fraction of sp³-hybridized carbons (Fsp3) is 0.875. The van der Waals surface area contributed by atoms with E-state index in [1.54, 1.807) is 5.57 Å². The number of allylic oxidation sites excluding steroid dienone is 2. The molecule has 0 aliphatic carbocycles. The summed E-state index contributed by atoms with van der Waals surface area (Å²) in [6.45, 7) is 5.42. The van der Waals surface area contributed by atoms with Gasteiger partial charge in [0.25, 0.3) is 0 Å². The minimum atomic E-state index is 0.858. The summed E-state index contributed by atoms with van der Waals surface area (Å²) in [7, 11) is 0. The third-order valence-electron chi connectivity index (χ3n) is 3.33. The fourth-order valence-electron chi connectivity index (χ4n) is 2.10. The van der Waals surface area contributed by atoms with Gasteiger partial charge >= 0.3 is 0 Å². The van der Waals surface area contributed by atoms with Crippen LogP contribution < -0.4 is 5.73 Å². The molecular formula is C16H33N. The van der Waals surface area contributed by atoms with E-state index in [9.17, 15) is 0 Å². The van der Waals surface area contributed by atoms with Gasteiger partial charge in [-0.1, -0.05) is 57.1 Å². The van der Waals surface area contributed by atoms with Crippen molar-refractivity contribution in [2.24, 2.45) is 5.73 Å². The molecule has 0 aliphatic rings. The van der Waals surface area contributed by atoms with Gasteiger partial charge in [0, 0.05) is 0 Å². The van der Waals surface area contributed by atoms with E-state index in [4.69, 9.17) is 5.73 Å². The van der Waals surface area contributed by atoms with Crippen molar-refractivity contribution in [3.63, 3.8) is 0 Å². The molecule has 0 aromatic heterocycles. The Balaban J connectivity index is 3.25. The average molecular weight is 239 g/mol. The molecule has 0 rings (SSSR count). The number of nitrogens with two attached hydrogens (primary N) is 1. The smallest absolute Gasteiger partial charge is 0.00773 e. The van der Waals surface area contributed by atoms with Crippen LogP contribution in [0.1, 0.15) is 84.5 Å². The van der Waals surface area contributed by atoms with Gasteiger partial charge in [-0.2, -0.15) is 0 Å². The van der Waals surface area contributed by atoms with Gasteiger partial charge < -0.3 is 5.73 Å². The normalized spacial score (nSPS) is 12.1. The van der Waals surface area contributed by atoms with Crippen LogP contribution in [-0.2, 0) is 0 Å². The number of hydrogen-bond acceptors (Lipinski definition) is 1. The molecule has 0 fully saturated rings. The Hall–Kier alpha value is -0.300. The first-order valence-corrected chi connectivity index (χ1v) is 7.67. The molecule has 1 heteroatoms. The maximum Gasteiger partial charge on any atom is -0.00773 e. The van der Waals surface area contributed by atoms with E-state index in [-0.39, 0.29) is 0 Å². The summed E-state index contributed by atoms with van der Waals surface area (Å²) in [5.74, 6) is 0. The molecular weight excluding hydrogens is 206 g/mol. The predicted octanol–water partition coefficient (Wildman–Crippen LogP) is 5.20. The Labute approximate surface area is 109 Å². The summed E-state index contributed by atoms with van der Waals surface area (Å²) in [4.78, 5) is 0. The Morgan fingerprint density at radius 1 is 0.882 bits per heavy atom. The van der Waals surface area contributed by atoms with E-state index in [0.29, 0.717) is 0 Å². The number of unbranched alkanes of at least 4 members (excludes halogenated alkanes) is 8. The summed E-state index contributed by atoms with van der Waals surface area (Å²) < 4.78 is 0. The molecule has 0 aliphatic heterocycles. The maximum absolute atomic E-state index is 5.47. The zero-order valence-corrected chi connectivity index (χ0v) is 12.1. The van der Waals surface area contributed by atoms with E-state index >= 15 is 0 Å². The summed E-state index contributed by atoms with van der Waals surface area (Å²) in [6, 6.07) is 0. The summed E-state index contributed by atoms with van der Waals surface area (Å²) in [5.41, 5.74) is 7.07. The second kappa shape index (κ2) is 13.8. The van der Waals surface area contributed by atoms with Crippen molar-refractivity contribution in [1.29, 1.82) is 0 Å². The van der Waals surface area contributed by atoms with Gasteiger partial charge in [0.05, 0.1) is 0 Å². The van der Waals surface area contributed by atoms with Gasteiger partial charge in [-0.25, -0.2) is 0 Å². The quantitative estimate of drug-likeness (QED) is 0.367. The highest BCUT2D eigenvalue weighted by Gasteiger charge is 1.92. The van der Waals surface area contributed by atoms with Crippen molar-refractivity contribution in [2.75, 3.05) is 6.54 Å². The first-order chi connectivity index (χ1) is 8.31. The Bertz CT molecular complexity index is 172. The van der Waals surface area contributed by atoms with Crippen molar-refractivity contribution >= 4 is 0 Å². The van der Waals surface area contributed by atoms with E-state index in [2.05, 4.69) is 19.9 Å². The van der Waals surface area contributed by atoms with Gasteiger partial charge in [0.1, 0.15) is 0 Å². The lowest BCUT2D eigenvalue weighted by Gasteiger charge is -2.02. The monoisotopic (exact) mass is 239 g/mol. The molecule has 0 saturated heterocycles. The lowest BCUT2D eigenvalue weighted by atomic mass is 10.0. The van der Waals surface area contributed by atoms with Crippen molar-refractivity contribution in [2.45, 2.75) is 84.5 Å². The zero-order chi connectivity index (χ0) is 12.8. The molecule has 0 heterocycles. The predicted molar refractivity (Wildman–Crippen MR) is 79.3 cm³/mol. The molecule has 0 bridgehead atoms. The molecule has 0 radical (unpaired) electrons. The van der Waals surface area contributed by atoms with Crippen LogP contribution in [0.3, 0.4) is 0 Å². The molecule has 0 saturated carbocycles. The Kier molecular flexibility index (Phi) is 13.5. The van der Waals surface area contributed by atoms with E-state index < -0.39 is 0 Å². The van der Waals surface area contributed by atoms with Crippen LogP contribution in [0.5, 0.6) is 0 Å². The van der Waals surface area contributed by atoms with Gasteiger partial charge in [0.15, 0.2) is 0 Å². The van der Waals surface area contributed by atoms with E-state index in [0.717, 1.165) is 6.54 Å². The standard InChI is InChI=1S/C16H33N/c1-3-4-5-10-13-16(2)14-11-8-6-7-9-12-15-17/h14H,3-13,15,17H2,1-2H3/b16-14+. The highest BCUT2D eigenvalue weighted by Crippen LogP contribution is 2.12. The third kappa shape index (κ3) is 13.6. The van der Waals surface area contributed by atoms with Crippen LogP contribution >= 0.6 is 0 Å². The molecule has 0 aromatic carbocycles. The molecule has 0 spiro atoms. The van der Waals surface area contributed by atoms with Crippen LogP contribution in [0.15, 0.2) is 11.6 Å². The Morgan fingerprint density at radius 2 is 1.53 bits per heavy atom. The van der Waals surface area contributed by atoms with Gasteiger partial charge in [-0.15, -0.1) is 0 Å². The minimum Gasteiger partial charge on any atom is -0.330 e. The molecule has 2 N–H and O–H groups in total.